The molecule has 3 aromatic rings. The number of rotatable bonds is 2. The number of hydrogen-bond acceptors (Lipinski definition) is 4. The first-order valence-electron chi connectivity index (χ1n) is 12.2. The second kappa shape index (κ2) is 9.26. The van der Waals surface area contributed by atoms with Crippen LogP contribution in [-0.4, -0.2) is 27.8 Å². The van der Waals surface area contributed by atoms with Gasteiger partial charge < -0.3 is 0 Å². The van der Waals surface area contributed by atoms with Crippen molar-refractivity contribution in [3.05, 3.63) is 77.9 Å². The number of aromatic nitrogens is 2. The number of hydrogen-bond donors (Lipinski definition) is 0. The molecule has 1 fully saturated rings. The summed E-state index contributed by atoms with van der Waals surface area (Å²) < 4.78 is 0. The summed E-state index contributed by atoms with van der Waals surface area (Å²) in [6, 6.07) is 11.5. The van der Waals surface area contributed by atoms with E-state index in [1.165, 1.54) is 71.8 Å². The van der Waals surface area contributed by atoms with E-state index in [4.69, 9.17) is 0 Å². The maximum atomic E-state index is 4.18. The van der Waals surface area contributed by atoms with Gasteiger partial charge in [0, 0.05) is 30.3 Å². The predicted octanol–water partition coefficient (Wildman–Crippen LogP) is 7.13. The molecule has 3 nitrogen and oxygen atoms in total. The molecule has 1 atom stereocenters. The number of fused-ring (bicyclic) bond motifs is 4. The number of benzene rings is 2. The first kappa shape index (κ1) is 20.9. The quantitative estimate of drug-likeness (QED) is 0.416. The summed E-state index contributed by atoms with van der Waals surface area (Å²) >= 11 is 1.78. The molecule has 0 N–H and O–H groups in total. The summed E-state index contributed by atoms with van der Waals surface area (Å²) in [5.74, 6) is 2.86. The average molecular weight is 452 g/mol. The zero-order chi connectivity index (χ0) is 22.0. The van der Waals surface area contributed by atoms with Crippen molar-refractivity contribution in [3.8, 4) is 11.1 Å². The first-order chi connectivity index (χ1) is 16.4. The molecule has 2 heterocycles. The zero-order valence-corrected chi connectivity index (χ0v) is 19.7. The lowest BCUT2D eigenvalue weighted by Crippen LogP contribution is -2.29. The van der Waals surface area contributed by atoms with Gasteiger partial charge in [-0.05, 0) is 83.0 Å². The molecule has 4 aliphatic rings. The van der Waals surface area contributed by atoms with Gasteiger partial charge in [-0.2, -0.15) is 0 Å². The molecular formula is C29H29N3S. The summed E-state index contributed by atoms with van der Waals surface area (Å²) in [6.07, 6.45) is 18.1. The van der Waals surface area contributed by atoms with Gasteiger partial charge in [-0.15, -0.1) is 11.8 Å². The zero-order valence-electron chi connectivity index (χ0n) is 18.9. The summed E-state index contributed by atoms with van der Waals surface area (Å²) in [5, 5.41) is 2.75. The fraction of sp³-hybridized carbons (Fsp3) is 0.345. The topological polar surface area (TPSA) is 38.1 Å². The highest BCUT2D eigenvalue weighted by Crippen LogP contribution is 2.49. The lowest BCUT2D eigenvalue weighted by atomic mass is 9.64. The van der Waals surface area contributed by atoms with E-state index in [1.807, 2.05) is 17.9 Å². The number of allylic oxidation sites excluding steroid dienone is 4. The molecule has 33 heavy (non-hydrogen) atoms. The van der Waals surface area contributed by atoms with E-state index in [-0.39, 0.29) is 0 Å². The summed E-state index contributed by atoms with van der Waals surface area (Å²) in [5.41, 5.74) is 10.5. The largest absolute Gasteiger partial charge is 0.285 e. The van der Waals surface area contributed by atoms with Crippen molar-refractivity contribution >= 4 is 33.7 Å². The molecular weight excluding hydrogens is 422 g/mol. The van der Waals surface area contributed by atoms with Crippen LogP contribution in [0.15, 0.2) is 71.8 Å². The van der Waals surface area contributed by atoms with Gasteiger partial charge >= 0.3 is 0 Å². The molecule has 0 saturated heterocycles. The smallest absolute Gasteiger partial charge is 0.115 e. The molecule has 4 heteroatoms. The normalized spacial score (nSPS) is 21.3. The van der Waals surface area contributed by atoms with E-state index in [0.29, 0.717) is 0 Å². The second-order valence-corrected chi connectivity index (χ2v) is 10.4. The van der Waals surface area contributed by atoms with Crippen LogP contribution < -0.4 is 0 Å². The first-order valence-corrected chi connectivity index (χ1v) is 13.2. The monoisotopic (exact) mass is 451 g/mol. The van der Waals surface area contributed by atoms with Gasteiger partial charge in [0.1, 0.15) is 6.33 Å². The Morgan fingerprint density at radius 2 is 1.88 bits per heavy atom. The third-order valence-electron chi connectivity index (χ3n) is 7.60. The van der Waals surface area contributed by atoms with Crippen molar-refractivity contribution in [3.63, 3.8) is 0 Å². The van der Waals surface area contributed by atoms with E-state index >= 15 is 0 Å². The number of nitrogens with zero attached hydrogens (tertiary/aromatic N) is 3. The van der Waals surface area contributed by atoms with Crippen LogP contribution >= 0.6 is 11.8 Å². The predicted molar refractivity (Wildman–Crippen MR) is 141 cm³/mol. The Labute approximate surface area is 200 Å². The van der Waals surface area contributed by atoms with Crippen LogP contribution in [0.3, 0.4) is 0 Å². The van der Waals surface area contributed by atoms with Gasteiger partial charge in [0.05, 0.1) is 5.55 Å². The van der Waals surface area contributed by atoms with Gasteiger partial charge in [-0.25, -0.2) is 9.97 Å². The maximum Gasteiger partial charge on any atom is 0.115 e. The van der Waals surface area contributed by atoms with Gasteiger partial charge in [0.2, 0.25) is 0 Å². The molecule has 0 spiro atoms. The minimum atomic E-state index is 0.758. The Morgan fingerprint density at radius 1 is 0.970 bits per heavy atom. The average Bonchev–Trinajstić information content (AvgIpc) is 3.44. The Morgan fingerprint density at radius 3 is 2.61 bits per heavy atom. The Bertz CT molecular complexity index is 1250. The van der Waals surface area contributed by atoms with Crippen molar-refractivity contribution < 1.29 is 0 Å². The molecule has 0 radical (unpaired) electrons. The highest BCUT2D eigenvalue weighted by molar-refractivity contribution is 8.12. The summed E-state index contributed by atoms with van der Waals surface area (Å²) in [6.45, 7) is 1.03. The van der Waals surface area contributed by atoms with Crippen LogP contribution in [0.5, 0.6) is 0 Å². The number of thioether (sulfide) groups is 1. The standard InChI is InChI=1S/C26H24N2.C3H5NS/c1-2-7-23-22(6-1)24-11-9-19-12-18(20-14-27-16-28-15-20)8-10-21(19)26(24)13-25(23)17-4-3-5-17;1-2-5-3-4-1/h1,6,8-12,14-17,25H,2-5,7,13H2;3H,1-2H2. The molecule has 1 saturated carbocycles. The van der Waals surface area contributed by atoms with Gasteiger partial charge in [0.15, 0.2) is 0 Å². The molecule has 1 unspecified atom stereocenters. The van der Waals surface area contributed by atoms with Crippen LogP contribution in [0.4, 0.5) is 0 Å². The fourth-order valence-electron chi connectivity index (χ4n) is 5.72. The lowest BCUT2D eigenvalue weighted by Gasteiger charge is -2.40. The van der Waals surface area contributed by atoms with Crippen molar-refractivity contribution in [2.24, 2.45) is 16.8 Å². The van der Waals surface area contributed by atoms with Gasteiger partial charge in [0.25, 0.3) is 0 Å². The molecule has 0 amide bonds. The van der Waals surface area contributed by atoms with E-state index < -0.39 is 0 Å². The fourth-order valence-corrected chi connectivity index (χ4v) is 6.25. The lowest BCUT2D eigenvalue weighted by molar-refractivity contribution is 0.227. The molecule has 1 aliphatic heterocycles. The van der Waals surface area contributed by atoms with E-state index in [1.54, 1.807) is 29.2 Å². The second-order valence-electron chi connectivity index (χ2n) is 9.42. The summed E-state index contributed by atoms with van der Waals surface area (Å²) in [4.78, 5) is 12.3. The Hall–Kier alpha value is -2.72. The van der Waals surface area contributed by atoms with Crippen LogP contribution in [0.1, 0.15) is 43.2 Å². The van der Waals surface area contributed by atoms with E-state index in [2.05, 4.69) is 57.4 Å². The Kier molecular flexibility index (Phi) is 5.85. The third kappa shape index (κ3) is 4.06. The number of aliphatic imine (C=N–C) groups is 1. The van der Waals surface area contributed by atoms with Crippen molar-refractivity contribution in [1.29, 1.82) is 0 Å². The third-order valence-corrected chi connectivity index (χ3v) is 8.32. The van der Waals surface area contributed by atoms with Crippen LogP contribution in [0.25, 0.3) is 27.5 Å². The molecule has 166 valence electrons. The van der Waals surface area contributed by atoms with Crippen LogP contribution in [-0.2, 0) is 6.42 Å². The molecule has 3 aliphatic carbocycles. The highest BCUT2D eigenvalue weighted by atomic mass is 32.2. The van der Waals surface area contributed by atoms with Crippen molar-refractivity contribution in [2.45, 2.75) is 38.5 Å². The van der Waals surface area contributed by atoms with E-state index in [9.17, 15) is 0 Å². The van der Waals surface area contributed by atoms with Crippen LogP contribution in [0, 0.1) is 11.8 Å². The van der Waals surface area contributed by atoms with Crippen LogP contribution in [0.2, 0.25) is 0 Å². The van der Waals surface area contributed by atoms with Crippen molar-refractivity contribution in [1.82, 2.24) is 9.97 Å². The Balaban J connectivity index is 0.000000368. The van der Waals surface area contributed by atoms with Crippen molar-refractivity contribution in [2.75, 3.05) is 12.3 Å². The van der Waals surface area contributed by atoms with E-state index in [0.717, 1.165) is 23.9 Å². The molecule has 0 bridgehead atoms. The maximum absolute atomic E-state index is 4.18. The minimum Gasteiger partial charge on any atom is -0.285 e. The SMILES string of the molecule is C1=CC2=C(CC1)C(C1CCC1)Cc1c2ccc2cc(-c3cncnc3)ccc12.C1=NCCS1. The van der Waals surface area contributed by atoms with Gasteiger partial charge in [-0.1, -0.05) is 48.4 Å². The molecule has 7 rings (SSSR count). The summed E-state index contributed by atoms with van der Waals surface area (Å²) in [7, 11) is 0. The molecule has 1 aromatic heterocycles. The highest BCUT2D eigenvalue weighted by Gasteiger charge is 2.35. The molecule has 2 aromatic carbocycles. The van der Waals surface area contributed by atoms with Gasteiger partial charge in [-0.3, -0.25) is 4.99 Å². The minimum absolute atomic E-state index is 0.758.